The van der Waals surface area contributed by atoms with Crippen molar-refractivity contribution in [2.45, 2.75) is 44.9 Å². The quantitative estimate of drug-likeness (QED) is 0.645. The molecule has 0 saturated carbocycles. The fraction of sp³-hybridized carbons (Fsp3) is 0.391. The molecule has 0 unspecified atom stereocenters. The van der Waals surface area contributed by atoms with Crippen molar-refractivity contribution in [3.05, 3.63) is 65.2 Å². The van der Waals surface area contributed by atoms with Crippen LogP contribution in [-0.2, 0) is 6.42 Å². The molecule has 0 amide bonds. The maximum Gasteiger partial charge on any atom is 0.123 e. The standard InChI is InChI=1S/C23H28O2/c24-16-6-1-2-7-17-25-23-15-9-13-21-18-20(12-8-14-22(21)23)19-10-4-3-5-11-19/h3-5,9-11,13,15,18,24H,1-2,6-8,12,14,16-17H2. The molecule has 25 heavy (non-hydrogen) atoms. The molecular formula is C23H28O2. The lowest BCUT2D eigenvalue weighted by atomic mass is 10.0. The van der Waals surface area contributed by atoms with E-state index in [2.05, 4.69) is 54.6 Å². The first kappa shape index (κ1) is 17.8. The van der Waals surface area contributed by atoms with Crippen LogP contribution in [0.4, 0.5) is 0 Å². The molecule has 1 N–H and O–H groups in total. The highest BCUT2D eigenvalue weighted by Crippen LogP contribution is 2.33. The molecule has 0 saturated heterocycles. The summed E-state index contributed by atoms with van der Waals surface area (Å²) in [6.45, 7) is 1.06. The summed E-state index contributed by atoms with van der Waals surface area (Å²) in [7, 11) is 0. The molecule has 2 nitrogen and oxygen atoms in total. The van der Waals surface area contributed by atoms with Gasteiger partial charge in [0.15, 0.2) is 0 Å². The number of rotatable bonds is 8. The summed E-state index contributed by atoms with van der Waals surface area (Å²) in [5.74, 6) is 1.05. The molecular weight excluding hydrogens is 308 g/mol. The predicted octanol–water partition coefficient (Wildman–Crippen LogP) is 5.50. The van der Waals surface area contributed by atoms with Crippen molar-refractivity contribution in [3.8, 4) is 5.75 Å². The highest BCUT2D eigenvalue weighted by atomic mass is 16.5. The number of ether oxygens (including phenoxy) is 1. The lowest BCUT2D eigenvalue weighted by Crippen LogP contribution is -2.01. The second-order valence-corrected chi connectivity index (χ2v) is 6.70. The van der Waals surface area contributed by atoms with Crippen LogP contribution in [0, 0.1) is 0 Å². The summed E-state index contributed by atoms with van der Waals surface area (Å²) in [4.78, 5) is 0. The average molecular weight is 336 g/mol. The Bertz CT molecular complexity index is 688. The van der Waals surface area contributed by atoms with Crippen LogP contribution < -0.4 is 4.74 Å². The van der Waals surface area contributed by atoms with Gasteiger partial charge >= 0.3 is 0 Å². The zero-order valence-corrected chi connectivity index (χ0v) is 14.9. The maximum atomic E-state index is 8.83. The van der Waals surface area contributed by atoms with Gasteiger partial charge in [-0.05, 0) is 61.3 Å². The molecule has 132 valence electrons. The van der Waals surface area contributed by atoms with E-state index in [-0.39, 0.29) is 0 Å². The Kier molecular flexibility index (Phi) is 6.70. The zero-order valence-electron chi connectivity index (χ0n) is 14.9. The van der Waals surface area contributed by atoms with Gasteiger partial charge in [0, 0.05) is 12.2 Å². The van der Waals surface area contributed by atoms with E-state index >= 15 is 0 Å². The van der Waals surface area contributed by atoms with E-state index in [1.807, 2.05) is 0 Å². The minimum absolute atomic E-state index is 0.295. The first-order valence-corrected chi connectivity index (χ1v) is 9.50. The Morgan fingerprint density at radius 1 is 0.840 bits per heavy atom. The normalized spacial score (nSPS) is 13.7. The number of hydrogen-bond acceptors (Lipinski definition) is 2. The van der Waals surface area contributed by atoms with Crippen LogP contribution in [-0.4, -0.2) is 18.3 Å². The van der Waals surface area contributed by atoms with Crippen molar-refractivity contribution >= 4 is 11.6 Å². The van der Waals surface area contributed by atoms with Crippen molar-refractivity contribution in [3.63, 3.8) is 0 Å². The van der Waals surface area contributed by atoms with Gasteiger partial charge in [-0.25, -0.2) is 0 Å². The molecule has 1 aliphatic carbocycles. The van der Waals surface area contributed by atoms with E-state index in [9.17, 15) is 0 Å². The van der Waals surface area contributed by atoms with Crippen LogP contribution in [0.15, 0.2) is 48.5 Å². The lowest BCUT2D eigenvalue weighted by Gasteiger charge is -2.13. The van der Waals surface area contributed by atoms with Gasteiger partial charge in [0.05, 0.1) is 6.61 Å². The first-order chi connectivity index (χ1) is 12.4. The Hall–Kier alpha value is -2.06. The number of allylic oxidation sites excluding steroid dienone is 1. The third-order valence-corrected chi connectivity index (χ3v) is 4.83. The minimum Gasteiger partial charge on any atom is -0.493 e. The van der Waals surface area contributed by atoms with Gasteiger partial charge < -0.3 is 9.84 Å². The Morgan fingerprint density at radius 3 is 2.52 bits per heavy atom. The van der Waals surface area contributed by atoms with E-state index in [0.717, 1.165) is 57.3 Å². The largest absolute Gasteiger partial charge is 0.493 e. The molecule has 2 aromatic carbocycles. The number of aliphatic hydroxyl groups excluding tert-OH is 1. The highest BCUT2D eigenvalue weighted by Gasteiger charge is 2.14. The zero-order chi connectivity index (χ0) is 17.3. The van der Waals surface area contributed by atoms with E-state index in [1.54, 1.807) is 0 Å². The molecule has 0 aromatic heterocycles. The maximum absolute atomic E-state index is 8.83. The Morgan fingerprint density at radius 2 is 1.68 bits per heavy atom. The third kappa shape index (κ3) is 4.96. The van der Waals surface area contributed by atoms with Crippen molar-refractivity contribution in [1.29, 1.82) is 0 Å². The van der Waals surface area contributed by atoms with Crippen LogP contribution in [0.1, 0.15) is 55.2 Å². The molecule has 0 heterocycles. The van der Waals surface area contributed by atoms with E-state index < -0.39 is 0 Å². The van der Waals surface area contributed by atoms with Gasteiger partial charge in [-0.15, -0.1) is 0 Å². The molecule has 2 heteroatoms. The van der Waals surface area contributed by atoms with Gasteiger partial charge in [0.1, 0.15) is 5.75 Å². The monoisotopic (exact) mass is 336 g/mol. The van der Waals surface area contributed by atoms with E-state index in [0.29, 0.717) is 6.61 Å². The average Bonchev–Trinajstić information content (AvgIpc) is 2.88. The van der Waals surface area contributed by atoms with Crippen LogP contribution in [0.5, 0.6) is 5.75 Å². The van der Waals surface area contributed by atoms with Gasteiger partial charge in [-0.3, -0.25) is 0 Å². The summed E-state index contributed by atoms with van der Waals surface area (Å²) in [5, 5.41) is 8.83. The van der Waals surface area contributed by atoms with Gasteiger partial charge in [-0.2, -0.15) is 0 Å². The van der Waals surface area contributed by atoms with Crippen LogP contribution in [0.25, 0.3) is 11.6 Å². The van der Waals surface area contributed by atoms with Crippen molar-refractivity contribution in [1.82, 2.24) is 0 Å². The molecule has 0 spiro atoms. The fourth-order valence-corrected chi connectivity index (χ4v) is 3.47. The molecule has 2 aromatic rings. The second-order valence-electron chi connectivity index (χ2n) is 6.70. The smallest absolute Gasteiger partial charge is 0.123 e. The second kappa shape index (κ2) is 9.43. The molecule has 0 atom stereocenters. The first-order valence-electron chi connectivity index (χ1n) is 9.50. The lowest BCUT2D eigenvalue weighted by molar-refractivity contribution is 0.273. The van der Waals surface area contributed by atoms with Crippen LogP contribution in [0.3, 0.4) is 0 Å². The summed E-state index contributed by atoms with van der Waals surface area (Å²) in [6.07, 6.45) is 9.82. The van der Waals surface area contributed by atoms with E-state index in [4.69, 9.17) is 9.84 Å². The summed E-state index contributed by atoms with van der Waals surface area (Å²) >= 11 is 0. The summed E-state index contributed by atoms with van der Waals surface area (Å²) in [5.41, 5.74) is 5.39. The number of aliphatic hydroxyl groups is 1. The predicted molar refractivity (Wildman–Crippen MR) is 105 cm³/mol. The molecule has 3 rings (SSSR count). The Balaban J connectivity index is 1.70. The molecule has 0 aliphatic heterocycles. The molecule has 0 bridgehead atoms. The molecule has 1 aliphatic rings. The van der Waals surface area contributed by atoms with Crippen LogP contribution in [0.2, 0.25) is 0 Å². The number of unbranched alkanes of at least 4 members (excludes halogenated alkanes) is 3. The fourth-order valence-electron chi connectivity index (χ4n) is 3.47. The number of hydrogen-bond donors (Lipinski definition) is 1. The summed E-state index contributed by atoms with van der Waals surface area (Å²) in [6, 6.07) is 17.1. The van der Waals surface area contributed by atoms with Crippen molar-refractivity contribution in [2.75, 3.05) is 13.2 Å². The van der Waals surface area contributed by atoms with E-state index in [1.165, 1.54) is 22.3 Å². The highest BCUT2D eigenvalue weighted by molar-refractivity contribution is 5.83. The molecule has 0 radical (unpaired) electrons. The Labute approximate surface area is 151 Å². The SMILES string of the molecule is OCCCCCCOc1cccc2c1CCCC(c1ccccc1)=C2. The minimum atomic E-state index is 0.295. The summed E-state index contributed by atoms with van der Waals surface area (Å²) < 4.78 is 6.09. The third-order valence-electron chi connectivity index (χ3n) is 4.83. The van der Waals surface area contributed by atoms with Gasteiger partial charge in [0.2, 0.25) is 0 Å². The van der Waals surface area contributed by atoms with Crippen LogP contribution >= 0.6 is 0 Å². The number of fused-ring (bicyclic) bond motifs is 1. The number of benzene rings is 2. The topological polar surface area (TPSA) is 29.5 Å². The van der Waals surface area contributed by atoms with Gasteiger partial charge in [0.25, 0.3) is 0 Å². The van der Waals surface area contributed by atoms with Gasteiger partial charge in [-0.1, -0.05) is 55.0 Å². The molecule has 0 fully saturated rings. The van der Waals surface area contributed by atoms with Crippen molar-refractivity contribution < 1.29 is 9.84 Å². The van der Waals surface area contributed by atoms with Crippen molar-refractivity contribution in [2.24, 2.45) is 0 Å².